The maximum absolute atomic E-state index is 14.1. The molecule has 0 aliphatic carbocycles. The summed E-state index contributed by atoms with van der Waals surface area (Å²) in [5.74, 6) is 1.57. The third-order valence-electron chi connectivity index (χ3n) is 5.36. The van der Waals surface area contributed by atoms with Gasteiger partial charge in [0, 0.05) is 67.1 Å². The van der Waals surface area contributed by atoms with Gasteiger partial charge in [-0.2, -0.15) is 0 Å². The monoisotopic (exact) mass is 393 g/mol. The van der Waals surface area contributed by atoms with Gasteiger partial charge >= 0.3 is 0 Å². The van der Waals surface area contributed by atoms with Crippen molar-refractivity contribution in [2.24, 2.45) is 0 Å². The van der Waals surface area contributed by atoms with Gasteiger partial charge in [-0.3, -0.25) is 4.98 Å². The largest absolute Gasteiger partial charge is 0.494 e. The molecule has 0 bridgehead atoms. The van der Waals surface area contributed by atoms with Gasteiger partial charge in [-0.05, 0) is 38.1 Å². The smallest absolute Gasteiger partial charge is 0.167 e. The van der Waals surface area contributed by atoms with Crippen LogP contribution in [0.5, 0.6) is 5.75 Å². The molecule has 29 heavy (non-hydrogen) atoms. The summed E-state index contributed by atoms with van der Waals surface area (Å²) in [5.41, 5.74) is 3.83. The maximum atomic E-state index is 14.1. The van der Waals surface area contributed by atoms with Crippen LogP contribution in [-0.2, 0) is 0 Å². The van der Waals surface area contributed by atoms with Gasteiger partial charge in [0.15, 0.2) is 17.4 Å². The number of aromatic nitrogens is 3. The van der Waals surface area contributed by atoms with Crippen molar-refractivity contribution >= 4 is 11.5 Å². The van der Waals surface area contributed by atoms with Gasteiger partial charge in [-0.25, -0.2) is 14.4 Å². The van der Waals surface area contributed by atoms with Crippen molar-refractivity contribution in [1.29, 1.82) is 0 Å². The van der Waals surface area contributed by atoms with Crippen LogP contribution in [-0.4, -0.2) is 48.2 Å². The number of aryl methyl sites for hydroxylation is 1. The zero-order valence-electron chi connectivity index (χ0n) is 16.9. The summed E-state index contributed by atoms with van der Waals surface area (Å²) in [6, 6.07) is 8.97. The second-order valence-electron chi connectivity index (χ2n) is 7.12. The molecule has 150 valence electrons. The molecule has 0 atom stereocenters. The Morgan fingerprint density at radius 1 is 1.00 bits per heavy atom. The highest BCUT2D eigenvalue weighted by atomic mass is 19.1. The second kappa shape index (κ2) is 8.03. The number of methoxy groups -OCH3 is 1. The maximum Gasteiger partial charge on any atom is 0.167 e. The van der Waals surface area contributed by atoms with Gasteiger partial charge in [0.05, 0.1) is 7.11 Å². The molecule has 3 aromatic rings. The minimum absolute atomic E-state index is 0.266. The quantitative estimate of drug-likeness (QED) is 0.675. The van der Waals surface area contributed by atoms with Crippen LogP contribution in [0.1, 0.15) is 11.3 Å². The highest BCUT2D eigenvalue weighted by molar-refractivity contribution is 5.60. The summed E-state index contributed by atoms with van der Waals surface area (Å²) in [7, 11) is 1.47. The number of nitrogens with zero attached hydrogens (tertiary/aromatic N) is 5. The molecule has 3 heterocycles. The van der Waals surface area contributed by atoms with Crippen LogP contribution in [0, 0.1) is 19.7 Å². The summed E-state index contributed by atoms with van der Waals surface area (Å²) in [4.78, 5) is 18.1. The topological polar surface area (TPSA) is 54.4 Å². The highest BCUT2D eigenvalue weighted by Crippen LogP contribution is 2.28. The van der Waals surface area contributed by atoms with E-state index in [1.54, 1.807) is 18.5 Å². The Bertz CT molecular complexity index is 1000. The first-order valence-corrected chi connectivity index (χ1v) is 9.66. The molecule has 0 amide bonds. The number of rotatable bonds is 4. The summed E-state index contributed by atoms with van der Waals surface area (Å²) >= 11 is 0. The van der Waals surface area contributed by atoms with Gasteiger partial charge in [0.25, 0.3) is 0 Å². The van der Waals surface area contributed by atoms with E-state index in [0.717, 1.165) is 54.5 Å². The van der Waals surface area contributed by atoms with Crippen LogP contribution in [0.15, 0.2) is 42.7 Å². The molecule has 0 radical (unpaired) electrons. The molecular weight excluding hydrogens is 369 g/mol. The van der Waals surface area contributed by atoms with Crippen LogP contribution in [0.3, 0.4) is 0 Å². The van der Waals surface area contributed by atoms with Crippen molar-refractivity contribution in [2.75, 3.05) is 43.1 Å². The fraction of sp³-hybridized carbons (Fsp3) is 0.318. The number of benzene rings is 1. The predicted molar refractivity (Wildman–Crippen MR) is 112 cm³/mol. The van der Waals surface area contributed by atoms with Gasteiger partial charge in [-0.15, -0.1) is 0 Å². The number of hydrogen-bond donors (Lipinski definition) is 0. The summed E-state index contributed by atoms with van der Waals surface area (Å²) in [5, 5.41) is 0. The number of anilines is 2. The third kappa shape index (κ3) is 3.85. The molecule has 2 aromatic heterocycles. The van der Waals surface area contributed by atoms with E-state index in [9.17, 15) is 4.39 Å². The van der Waals surface area contributed by atoms with Crippen molar-refractivity contribution in [1.82, 2.24) is 15.0 Å². The number of ether oxygens (including phenoxy) is 1. The van der Waals surface area contributed by atoms with E-state index in [1.165, 1.54) is 13.2 Å². The first kappa shape index (κ1) is 19.1. The molecule has 1 aromatic carbocycles. The molecule has 0 spiro atoms. The van der Waals surface area contributed by atoms with Crippen molar-refractivity contribution in [2.45, 2.75) is 13.8 Å². The van der Waals surface area contributed by atoms with Gasteiger partial charge in [0.2, 0.25) is 0 Å². The van der Waals surface area contributed by atoms with Crippen LogP contribution in [0.4, 0.5) is 15.9 Å². The number of piperazine rings is 1. The number of hydrogen-bond acceptors (Lipinski definition) is 6. The lowest BCUT2D eigenvalue weighted by molar-refractivity contribution is 0.386. The summed E-state index contributed by atoms with van der Waals surface area (Å²) in [6.45, 7) is 7.25. The Labute approximate surface area is 170 Å². The molecule has 1 saturated heterocycles. The van der Waals surface area contributed by atoms with Crippen LogP contribution >= 0.6 is 0 Å². The van der Waals surface area contributed by atoms with Crippen LogP contribution < -0.4 is 14.5 Å². The van der Waals surface area contributed by atoms with Crippen molar-refractivity contribution in [3.8, 4) is 17.1 Å². The molecule has 1 aliphatic rings. The molecule has 4 rings (SSSR count). The van der Waals surface area contributed by atoms with E-state index in [-0.39, 0.29) is 11.6 Å². The molecule has 0 N–H and O–H groups in total. The highest BCUT2D eigenvalue weighted by Gasteiger charge is 2.22. The number of pyridine rings is 1. The lowest BCUT2D eigenvalue weighted by atomic mass is 10.1. The van der Waals surface area contributed by atoms with E-state index in [1.807, 2.05) is 25.1 Å². The van der Waals surface area contributed by atoms with E-state index < -0.39 is 0 Å². The van der Waals surface area contributed by atoms with Crippen molar-refractivity contribution in [3.05, 3.63) is 59.8 Å². The van der Waals surface area contributed by atoms with Crippen molar-refractivity contribution in [3.63, 3.8) is 0 Å². The van der Waals surface area contributed by atoms with Crippen LogP contribution in [0.2, 0.25) is 0 Å². The zero-order valence-corrected chi connectivity index (χ0v) is 16.9. The summed E-state index contributed by atoms with van der Waals surface area (Å²) < 4.78 is 19.1. The molecule has 7 heteroatoms. The van der Waals surface area contributed by atoms with Gasteiger partial charge in [-0.1, -0.05) is 0 Å². The molecule has 1 aliphatic heterocycles. The normalized spacial score (nSPS) is 14.2. The minimum atomic E-state index is -0.337. The van der Waals surface area contributed by atoms with Crippen molar-refractivity contribution < 1.29 is 9.13 Å². The Morgan fingerprint density at radius 3 is 2.41 bits per heavy atom. The first-order valence-electron chi connectivity index (χ1n) is 9.66. The van der Waals surface area contributed by atoms with Crippen LogP contribution in [0.25, 0.3) is 11.4 Å². The second-order valence-corrected chi connectivity index (χ2v) is 7.12. The van der Waals surface area contributed by atoms with E-state index >= 15 is 0 Å². The van der Waals surface area contributed by atoms with Gasteiger partial charge in [0.1, 0.15) is 5.82 Å². The Kier molecular flexibility index (Phi) is 5.29. The SMILES string of the molecule is COc1ccc(N2CCN(c3nc(-c4cccnc4)nc(C)c3C)CC2)cc1F. The minimum Gasteiger partial charge on any atom is -0.494 e. The Hall–Kier alpha value is -3.22. The number of halogens is 1. The predicted octanol–water partition coefficient (Wildman–Crippen LogP) is 3.63. The lowest BCUT2D eigenvalue weighted by Gasteiger charge is -2.37. The molecule has 1 fully saturated rings. The van der Waals surface area contributed by atoms with E-state index in [0.29, 0.717) is 5.82 Å². The standard InChI is InChI=1S/C22H24FN5O/c1-15-16(2)25-21(17-5-4-8-24-14-17)26-22(15)28-11-9-27(10-12-28)18-6-7-20(29-3)19(23)13-18/h4-8,13-14H,9-12H2,1-3H3. The first-order chi connectivity index (χ1) is 14.1. The molecule has 0 unspecified atom stereocenters. The van der Waals surface area contributed by atoms with E-state index in [4.69, 9.17) is 9.72 Å². The average molecular weight is 393 g/mol. The average Bonchev–Trinajstić information content (AvgIpc) is 2.76. The third-order valence-corrected chi connectivity index (χ3v) is 5.36. The summed E-state index contributed by atoms with van der Waals surface area (Å²) in [6.07, 6.45) is 3.52. The zero-order chi connectivity index (χ0) is 20.4. The fourth-order valence-electron chi connectivity index (χ4n) is 3.57. The van der Waals surface area contributed by atoms with Gasteiger partial charge < -0.3 is 14.5 Å². The fourth-order valence-corrected chi connectivity index (χ4v) is 3.57. The Morgan fingerprint density at radius 2 is 1.76 bits per heavy atom. The lowest BCUT2D eigenvalue weighted by Crippen LogP contribution is -2.47. The molecule has 6 nitrogen and oxygen atoms in total. The Balaban J connectivity index is 1.54. The van der Waals surface area contributed by atoms with E-state index in [2.05, 4.69) is 26.7 Å². The molecular formula is C22H24FN5O. The molecule has 0 saturated carbocycles.